The third kappa shape index (κ3) is 29.9. The molecule has 0 aliphatic rings. The Morgan fingerprint density at radius 1 is 1.43 bits per heavy atom. The number of primary amides is 1. The first kappa shape index (κ1) is 16.0. The van der Waals surface area contributed by atoms with Gasteiger partial charge in [0.15, 0.2) is 0 Å². The van der Waals surface area contributed by atoms with Crippen molar-refractivity contribution in [2.24, 2.45) is 5.73 Å². The van der Waals surface area contributed by atoms with Gasteiger partial charge in [0.1, 0.15) is 0 Å². The summed E-state index contributed by atoms with van der Waals surface area (Å²) in [5.74, 6) is -0.333. The second-order valence-corrected chi connectivity index (χ2v) is 3.88. The molecule has 0 heterocycles. The number of unbranched alkanes of at least 4 members (excludes halogenated alkanes) is 2. The molecule has 0 aromatic rings. The van der Waals surface area contributed by atoms with Crippen LogP contribution in [0.25, 0.3) is 0 Å². The molecule has 0 rings (SSSR count). The van der Waals surface area contributed by atoms with Gasteiger partial charge in [-0.15, -0.1) is 0 Å². The standard InChI is InChI=1S/C5H13O4P.C2H5NO/c1-2-3-4-5-9-10(6,7)8;1-2(3)4/h2-5H2,1H3,(H2,6,7,8);1H3,(H2,3,4). The van der Waals surface area contributed by atoms with Crippen LogP contribution in [0.3, 0.4) is 0 Å². The number of amides is 1. The van der Waals surface area contributed by atoms with Crippen molar-refractivity contribution in [2.45, 2.75) is 33.1 Å². The number of hydrogen-bond donors (Lipinski definition) is 3. The average Bonchev–Trinajstić information content (AvgIpc) is 1.95. The summed E-state index contributed by atoms with van der Waals surface area (Å²) < 4.78 is 14.3. The number of phosphoric ester groups is 1. The van der Waals surface area contributed by atoms with Crippen molar-refractivity contribution in [3.63, 3.8) is 0 Å². The molecular formula is C7H18NO5P. The number of hydrogen-bond acceptors (Lipinski definition) is 3. The smallest absolute Gasteiger partial charge is 0.370 e. The van der Waals surface area contributed by atoms with Crippen molar-refractivity contribution in [3.8, 4) is 0 Å². The van der Waals surface area contributed by atoms with Crippen LogP contribution in [0.5, 0.6) is 0 Å². The van der Waals surface area contributed by atoms with Crippen LogP contribution in [0.15, 0.2) is 0 Å². The largest absolute Gasteiger partial charge is 0.469 e. The summed E-state index contributed by atoms with van der Waals surface area (Å²) in [7, 11) is -4.21. The number of carbonyl (C=O) groups is 1. The highest BCUT2D eigenvalue weighted by Gasteiger charge is 2.11. The van der Waals surface area contributed by atoms with Crippen LogP contribution in [0, 0.1) is 0 Å². The third-order valence-corrected chi connectivity index (χ3v) is 1.53. The van der Waals surface area contributed by atoms with Gasteiger partial charge in [0.05, 0.1) is 6.61 Å². The van der Waals surface area contributed by atoms with Gasteiger partial charge in [0.25, 0.3) is 0 Å². The molecule has 0 aliphatic heterocycles. The van der Waals surface area contributed by atoms with Crippen LogP contribution in [-0.2, 0) is 13.9 Å². The van der Waals surface area contributed by atoms with Crippen molar-refractivity contribution in [2.75, 3.05) is 6.61 Å². The summed E-state index contributed by atoms with van der Waals surface area (Å²) in [6, 6.07) is 0. The zero-order valence-electron chi connectivity index (χ0n) is 8.47. The lowest BCUT2D eigenvalue weighted by molar-refractivity contribution is -0.115. The number of nitrogens with two attached hydrogens (primary N) is 1. The maximum atomic E-state index is 10.1. The van der Waals surface area contributed by atoms with E-state index in [1.165, 1.54) is 6.92 Å². The van der Waals surface area contributed by atoms with E-state index in [2.05, 4.69) is 10.3 Å². The summed E-state index contributed by atoms with van der Waals surface area (Å²) >= 11 is 0. The first-order chi connectivity index (χ1) is 6.29. The minimum atomic E-state index is -4.21. The highest BCUT2D eigenvalue weighted by Crippen LogP contribution is 2.35. The van der Waals surface area contributed by atoms with Gasteiger partial charge in [-0.25, -0.2) is 4.57 Å². The SMILES string of the molecule is CC(N)=O.CCCCCOP(=O)(O)O. The van der Waals surface area contributed by atoms with E-state index in [0.29, 0.717) is 6.42 Å². The maximum Gasteiger partial charge on any atom is 0.469 e. The van der Waals surface area contributed by atoms with Crippen LogP contribution in [0.1, 0.15) is 33.1 Å². The van der Waals surface area contributed by atoms with Crippen LogP contribution >= 0.6 is 7.82 Å². The average molecular weight is 227 g/mol. The first-order valence-corrected chi connectivity index (χ1v) is 5.78. The van der Waals surface area contributed by atoms with Gasteiger partial charge in [0, 0.05) is 6.92 Å². The van der Waals surface area contributed by atoms with Crippen LogP contribution in [-0.4, -0.2) is 22.3 Å². The van der Waals surface area contributed by atoms with Crippen molar-refractivity contribution < 1.29 is 23.7 Å². The third-order valence-electron chi connectivity index (χ3n) is 1.01. The molecular weight excluding hydrogens is 209 g/mol. The van der Waals surface area contributed by atoms with Gasteiger partial charge in [-0.05, 0) is 6.42 Å². The highest BCUT2D eigenvalue weighted by atomic mass is 31.2. The minimum absolute atomic E-state index is 0.151. The van der Waals surface area contributed by atoms with Gasteiger partial charge < -0.3 is 15.5 Å². The van der Waals surface area contributed by atoms with Crippen molar-refractivity contribution >= 4 is 13.7 Å². The molecule has 0 bridgehead atoms. The van der Waals surface area contributed by atoms with Crippen LogP contribution < -0.4 is 5.73 Å². The Balaban J connectivity index is 0. The summed E-state index contributed by atoms with van der Waals surface area (Å²) in [4.78, 5) is 25.6. The molecule has 0 radical (unpaired) electrons. The summed E-state index contributed by atoms with van der Waals surface area (Å²) in [5.41, 5.74) is 4.47. The Labute approximate surface area is 83.7 Å². The fraction of sp³-hybridized carbons (Fsp3) is 0.857. The monoisotopic (exact) mass is 227 g/mol. The fourth-order valence-electron chi connectivity index (χ4n) is 0.536. The zero-order valence-corrected chi connectivity index (χ0v) is 9.37. The summed E-state index contributed by atoms with van der Waals surface area (Å²) in [6.45, 7) is 3.47. The molecule has 6 nitrogen and oxygen atoms in total. The molecule has 0 unspecified atom stereocenters. The molecule has 0 aliphatic carbocycles. The maximum absolute atomic E-state index is 10.1. The van der Waals surface area contributed by atoms with E-state index < -0.39 is 7.82 Å². The lowest BCUT2D eigenvalue weighted by Gasteiger charge is -2.02. The van der Waals surface area contributed by atoms with E-state index in [1.807, 2.05) is 6.92 Å². The van der Waals surface area contributed by atoms with Gasteiger partial charge in [-0.2, -0.15) is 0 Å². The van der Waals surface area contributed by atoms with Crippen molar-refractivity contribution in [3.05, 3.63) is 0 Å². The number of carbonyl (C=O) groups excluding carboxylic acids is 1. The molecule has 0 spiro atoms. The molecule has 0 saturated heterocycles. The lowest BCUT2D eigenvalue weighted by atomic mass is 10.3. The second kappa shape index (κ2) is 9.15. The molecule has 86 valence electrons. The predicted octanol–water partition coefficient (Wildman–Crippen LogP) is 0.777. The van der Waals surface area contributed by atoms with Crippen molar-refractivity contribution in [1.29, 1.82) is 0 Å². The Morgan fingerprint density at radius 2 is 1.86 bits per heavy atom. The molecule has 0 atom stereocenters. The Hall–Kier alpha value is -0.420. The molecule has 4 N–H and O–H groups in total. The van der Waals surface area contributed by atoms with Gasteiger partial charge in [-0.1, -0.05) is 19.8 Å². The molecule has 0 aromatic heterocycles. The molecule has 14 heavy (non-hydrogen) atoms. The Bertz CT molecular complexity index is 187. The number of phosphoric acid groups is 1. The molecule has 0 aromatic carbocycles. The second-order valence-electron chi connectivity index (χ2n) is 2.64. The summed E-state index contributed by atoms with van der Waals surface area (Å²) in [6.07, 6.45) is 2.67. The van der Waals surface area contributed by atoms with E-state index in [-0.39, 0.29) is 12.5 Å². The van der Waals surface area contributed by atoms with Gasteiger partial charge in [-0.3, -0.25) is 9.32 Å². The Morgan fingerprint density at radius 3 is 2.14 bits per heavy atom. The van der Waals surface area contributed by atoms with Crippen molar-refractivity contribution in [1.82, 2.24) is 0 Å². The van der Waals surface area contributed by atoms with Gasteiger partial charge in [0.2, 0.25) is 5.91 Å². The van der Waals surface area contributed by atoms with Gasteiger partial charge >= 0.3 is 7.82 Å². The normalized spacial score (nSPS) is 10.3. The topological polar surface area (TPSA) is 110 Å². The van der Waals surface area contributed by atoms with E-state index in [4.69, 9.17) is 9.79 Å². The minimum Gasteiger partial charge on any atom is -0.370 e. The Kier molecular flexibility index (Phi) is 10.5. The summed E-state index contributed by atoms with van der Waals surface area (Å²) in [5, 5.41) is 0. The van der Waals surface area contributed by atoms with E-state index >= 15 is 0 Å². The molecule has 0 fully saturated rings. The zero-order chi connectivity index (χ0) is 11.6. The van der Waals surface area contributed by atoms with Crippen LogP contribution in [0.4, 0.5) is 0 Å². The van der Waals surface area contributed by atoms with E-state index in [0.717, 1.165) is 12.8 Å². The predicted molar refractivity (Wildman–Crippen MR) is 52.4 cm³/mol. The fourth-order valence-corrected chi connectivity index (χ4v) is 0.902. The first-order valence-electron chi connectivity index (χ1n) is 4.25. The molecule has 1 amide bonds. The van der Waals surface area contributed by atoms with Crippen LogP contribution in [0.2, 0.25) is 0 Å². The highest BCUT2D eigenvalue weighted by molar-refractivity contribution is 7.46. The molecule has 7 heteroatoms. The molecule has 0 saturated carbocycles. The number of rotatable bonds is 5. The van der Waals surface area contributed by atoms with E-state index in [1.54, 1.807) is 0 Å². The lowest BCUT2D eigenvalue weighted by Crippen LogP contribution is -2.01. The van der Waals surface area contributed by atoms with E-state index in [9.17, 15) is 9.36 Å². The quantitative estimate of drug-likeness (QED) is 0.474.